The lowest BCUT2D eigenvalue weighted by molar-refractivity contribution is -0.143. The first-order valence-electron chi connectivity index (χ1n) is 7.16. The molecule has 1 saturated heterocycles. The molecular formula is C14H19N3O5S. The number of carbonyl (C=O) groups excluding carboxylic acids is 1. The van der Waals surface area contributed by atoms with Gasteiger partial charge >= 0.3 is 5.97 Å². The van der Waals surface area contributed by atoms with Crippen LogP contribution in [0.2, 0.25) is 0 Å². The number of carboxylic acids is 1. The third-order valence-corrected chi connectivity index (χ3v) is 5.15. The van der Waals surface area contributed by atoms with Crippen molar-refractivity contribution in [1.29, 1.82) is 0 Å². The lowest BCUT2D eigenvalue weighted by Crippen LogP contribution is -2.45. The van der Waals surface area contributed by atoms with E-state index in [0.717, 1.165) is 0 Å². The molecule has 1 aliphatic rings. The van der Waals surface area contributed by atoms with E-state index in [-0.39, 0.29) is 29.0 Å². The summed E-state index contributed by atoms with van der Waals surface area (Å²) in [4.78, 5) is 28.9. The summed E-state index contributed by atoms with van der Waals surface area (Å²) < 4.78 is 25.4. The number of likely N-dealkylation sites (tertiary alicyclic amines) is 1. The van der Waals surface area contributed by atoms with E-state index in [9.17, 15) is 18.0 Å². The number of amides is 1. The Balaban J connectivity index is 2.18. The molecule has 0 aromatic carbocycles. The van der Waals surface area contributed by atoms with Crippen LogP contribution in [0.4, 0.5) is 0 Å². The van der Waals surface area contributed by atoms with Gasteiger partial charge < -0.3 is 10.0 Å². The Labute approximate surface area is 134 Å². The quantitative estimate of drug-likeness (QED) is 0.806. The highest BCUT2D eigenvalue weighted by atomic mass is 32.2. The smallest absolute Gasteiger partial charge is 0.308 e. The fourth-order valence-electron chi connectivity index (χ4n) is 2.65. The number of sulfonamides is 1. The summed E-state index contributed by atoms with van der Waals surface area (Å²) in [6, 6.07) is 2.63. The highest BCUT2D eigenvalue weighted by molar-refractivity contribution is 7.89. The number of hydrogen-bond donors (Lipinski definition) is 2. The molecule has 2 rings (SSSR count). The summed E-state index contributed by atoms with van der Waals surface area (Å²) in [5, 5.41) is 8.98. The average molecular weight is 341 g/mol. The second kappa shape index (κ2) is 6.63. The summed E-state index contributed by atoms with van der Waals surface area (Å²) in [5.41, 5.74) is 0.235. The number of aromatic nitrogens is 1. The van der Waals surface area contributed by atoms with Crippen LogP contribution >= 0.6 is 0 Å². The van der Waals surface area contributed by atoms with E-state index in [1.807, 2.05) is 6.92 Å². The number of nitrogens with one attached hydrogen (secondary N) is 1. The maximum Gasteiger partial charge on any atom is 0.308 e. The highest BCUT2D eigenvalue weighted by Gasteiger charge is 2.32. The molecule has 1 aromatic rings. The van der Waals surface area contributed by atoms with Gasteiger partial charge in [-0.05, 0) is 31.5 Å². The Morgan fingerprint density at radius 3 is 2.57 bits per heavy atom. The van der Waals surface area contributed by atoms with E-state index in [1.165, 1.54) is 30.3 Å². The molecule has 1 aromatic heterocycles. The van der Waals surface area contributed by atoms with Gasteiger partial charge in [-0.15, -0.1) is 0 Å². The zero-order valence-electron chi connectivity index (χ0n) is 12.9. The molecule has 0 spiro atoms. The van der Waals surface area contributed by atoms with Crippen molar-refractivity contribution < 1.29 is 23.1 Å². The van der Waals surface area contributed by atoms with Gasteiger partial charge in [0.2, 0.25) is 0 Å². The van der Waals surface area contributed by atoms with Crippen LogP contribution in [0, 0.1) is 11.8 Å². The highest BCUT2D eigenvalue weighted by Crippen LogP contribution is 2.23. The van der Waals surface area contributed by atoms with Gasteiger partial charge in [0.15, 0.2) is 5.03 Å². The minimum absolute atomic E-state index is 0.0886. The van der Waals surface area contributed by atoms with Crippen molar-refractivity contribution >= 4 is 21.9 Å². The summed E-state index contributed by atoms with van der Waals surface area (Å²) in [6.07, 6.45) is 1.73. The number of aliphatic carboxylic acids is 1. The lowest BCUT2D eigenvalue weighted by Gasteiger charge is -2.34. The van der Waals surface area contributed by atoms with Crippen LogP contribution in [0.25, 0.3) is 0 Å². The van der Waals surface area contributed by atoms with Crippen LogP contribution < -0.4 is 4.72 Å². The third-order valence-electron chi connectivity index (χ3n) is 3.82. The molecule has 1 aliphatic heterocycles. The number of nitrogens with zero attached hydrogens (tertiary/aromatic N) is 2. The minimum atomic E-state index is -3.66. The van der Waals surface area contributed by atoms with Crippen LogP contribution in [-0.2, 0) is 14.8 Å². The minimum Gasteiger partial charge on any atom is -0.481 e. The van der Waals surface area contributed by atoms with E-state index in [4.69, 9.17) is 5.11 Å². The molecule has 2 heterocycles. The molecule has 23 heavy (non-hydrogen) atoms. The molecule has 2 atom stereocenters. The Kier molecular flexibility index (Phi) is 5.00. The normalized spacial score (nSPS) is 21.9. The van der Waals surface area contributed by atoms with Gasteiger partial charge in [-0.3, -0.25) is 9.59 Å². The van der Waals surface area contributed by atoms with Gasteiger partial charge in [0, 0.05) is 19.3 Å². The molecule has 9 heteroatoms. The van der Waals surface area contributed by atoms with Crippen LogP contribution in [0.3, 0.4) is 0 Å². The van der Waals surface area contributed by atoms with Crippen molar-refractivity contribution in [3.05, 3.63) is 23.9 Å². The van der Waals surface area contributed by atoms with Gasteiger partial charge in [0.1, 0.15) is 0 Å². The van der Waals surface area contributed by atoms with Gasteiger partial charge in [0.05, 0.1) is 11.5 Å². The van der Waals surface area contributed by atoms with E-state index < -0.39 is 21.9 Å². The molecule has 0 radical (unpaired) electrons. The molecule has 0 bridgehead atoms. The Morgan fingerprint density at radius 2 is 2.04 bits per heavy atom. The molecule has 1 amide bonds. The fourth-order valence-corrected chi connectivity index (χ4v) is 3.30. The number of piperidine rings is 1. The second-order valence-corrected chi connectivity index (χ2v) is 7.51. The predicted octanol–water partition coefficient (Wildman–Crippen LogP) is 0.172. The SMILES string of the molecule is CNS(=O)(=O)c1ccc(C(=O)N2CC(C)CC(C(=O)O)C2)cn1. The molecule has 8 nitrogen and oxygen atoms in total. The predicted molar refractivity (Wildman–Crippen MR) is 81.3 cm³/mol. The Morgan fingerprint density at radius 1 is 1.35 bits per heavy atom. The zero-order chi connectivity index (χ0) is 17.2. The molecule has 0 aliphatic carbocycles. The van der Waals surface area contributed by atoms with Crippen molar-refractivity contribution in [1.82, 2.24) is 14.6 Å². The van der Waals surface area contributed by atoms with Crippen molar-refractivity contribution in [2.24, 2.45) is 11.8 Å². The van der Waals surface area contributed by atoms with Gasteiger partial charge in [-0.25, -0.2) is 18.1 Å². The first kappa shape index (κ1) is 17.4. The van der Waals surface area contributed by atoms with Crippen molar-refractivity contribution in [2.75, 3.05) is 20.1 Å². The van der Waals surface area contributed by atoms with Crippen molar-refractivity contribution in [2.45, 2.75) is 18.4 Å². The topological polar surface area (TPSA) is 117 Å². The van der Waals surface area contributed by atoms with Gasteiger partial charge in [0.25, 0.3) is 15.9 Å². The molecule has 1 fully saturated rings. The van der Waals surface area contributed by atoms with Crippen LogP contribution in [0.5, 0.6) is 0 Å². The number of rotatable bonds is 4. The maximum atomic E-state index is 12.5. The summed E-state index contributed by atoms with van der Waals surface area (Å²) in [5.74, 6) is -1.75. The van der Waals surface area contributed by atoms with E-state index in [0.29, 0.717) is 13.0 Å². The summed E-state index contributed by atoms with van der Waals surface area (Å²) >= 11 is 0. The van der Waals surface area contributed by atoms with E-state index >= 15 is 0 Å². The average Bonchev–Trinajstić information content (AvgIpc) is 2.53. The number of pyridine rings is 1. The molecule has 126 valence electrons. The number of carboxylic acid groups (broad SMARTS) is 1. The summed E-state index contributed by atoms with van der Waals surface area (Å²) in [7, 11) is -2.38. The molecule has 2 N–H and O–H groups in total. The zero-order valence-corrected chi connectivity index (χ0v) is 13.7. The van der Waals surface area contributed by atoms with Gasteiger partial charge in [-0.2, -0.15) is 0 Å². The van der Waals surface area contributed by atoms with Crippen LogP contribution in [-0.4, -0.2) is 55.4 Å². The number of carbonyl (C=O) groups is 2. The molecule has 2 unspecified atom stereocenters. The first-order chi connectivity index (χ1) is 10.7. The van der Waals surface area contributed by atoms with Crippen LogP contribution in [0.1, 0.15) is 23.7 Å². The second-order valence-electron chi connectivity index (χ2n) is 5.68. The fraction of sp³-hybridized carbons (Fsp3) is 0.500. The third kappa shape index (κ3) is 3.85. The molecular weight excluding hydrogens is 322 g/mol. The Hall–Kier alpha value is -2.00. The van der Waals surface area contributed by atoms with Gasteiger partial charge in [-0.1, -0.05) is 6.92 Å². The number of hydrogen-bond acceptors (Lipinski definition) is 5. The lowest BCUT2D eigenvalue weighted by atomic mass is 9.90. The standard InChI is InChI=1S/C14H19N3O5S/c1-9-5-11(14(19)20)8-17(7-9)13(18)10-3-4-12(16-6-10)23(21,22)15-2/h3-4,6,9,11,15H,5,7-8H2,1-2H3,(H,19,20). The monoisotopic (exact) mass is 341 g/mol. The van der Waals surface area contributed by atoms with Crippen molar-refractivity contribution in [3.8, 4) is 0 Å². The van der Waals surface area contributed by atoms with Crippen LogP contribution in [0.15, 0.2) is 23.4 Å². The maximum absolute atomic E-state index is 12.5. The summed E-state index contributed by atoms with van der Waals surface area (Å²) in [6.45, 7) is 2.52. The largest absolute Gasteiger partial charge is 0.481 e. The Bertz CT molecular complexity index is 702. The molecule has 0 saturated carbocycles. The van der Waals surface area contributed by atoms with E-state index in [1.54, 1.807) is 0 Å². The first-order valence-corrected chi connectivity index (χ1v) is 8.64. The van der Waals surface area contributed by atoms with Crippen molar-refractivity contribution in [3.63, 3.8) is 0 Å². The van der Waals surface area contributed by atoms with E-state index in [2.05, 4.69) is 9.71 Å².